The first-order chi connectivity index (χ1) is 16.2. The second-order valence-electron chi connectivity index (χ2n) is 8.49. The summed E-state index contributed by atoms with van der Waals surface area (Å²) >= 11 is 15.3. The van der Waals surface area contributed by atoms with Crippen molar-refractivity contribution in [3.63, 3.8) is 0 Å². The summed E-state index contributed by atoms with van der Waals surface area (Å²) < 4.78 is 33.9. The monoisotopic (exact) mass is 589 g/mol. The van der Waals surface area contributed by atoms with Crippen LogP contribution in [0.3, 0.4) is 0 Å². The van der Waals surface area contributed by atoms with E-state index in [4.69, 9.17) is 27.9 Å². The molecule has 34 heavy (non-hydrogen) atoms. The lowest BCUT2D eigenvalue weighted by atomic mass is 9.99. The zero-order valence-electron chi connectivity index (χ0n) is 18.4. The van der Waals surface area contributed by atoms with Crippen molar-refractivity contribution in [3.8, 4) is 5.75 Å². The number of halogens is 3. The molecule has 11 heteroatoms. The summed E-state index contributed by atoms with van der Waals surface area (Å²) in [4.78, 5) is 16.7. The number of ether oxygens (including phenoxy) is 1. The normalized spacial score (nSPS) is 18.6. The molecule has 2 aliphatic heterocycles. The van der Waals surface area contributed by atoms with Crippen molar-refractivity contribution in [1.29, 1.82) is 0 Å². The number of piperidine rings is 2. The number of amides is 2. The summed E-state index contributed by atoms with van der Waals surface area (Å²) in [6.45, 7) is 2.86. The van der Waals surface area contributed by atoms with Crippen molar-refractivity contribution < 1.29 is 17.9 Å². The summed E-state index contributed by atoms with van der Waals surface area (Å²) in [5.41, 5.74) is 0. The molecular formula is C23H26BrCl2N3O4S. The van der Waals surface area contributed by atoms with Crippen LogP contribution in [0.2, 0.25) is 10.0 Å². The molecule has 2 heterocycles. The number of benzene rings is 2. The maximum atomic E-state index is 12.6. The summed E-state index contributed by atoms with van der Waals surface area (Å²) in [5.74, 6) is 0.727. The van der Waals surface area contributed by atoms with Crippen LogP contribution in [0.15, 0.2) is 51.8 Å². The van der Waals surface area contributed by atoms with E-state index < -0.39 is 16.1 Å². The highest BCUT2D eigenvalue weighted by molar-refractivity contribution is 9.10. The van der Waals surface area contributed by atoms with E-state index in [1.807, 2.05) is 6.07 Å². The molecule has 2 aromatic rings. The lowest BCUT2D eigenvalue weighted by molar-refractivity contribution is 0.0540. The molecule has 2 fully saturated rings. The first-order valence-electron chi connectivity index (χ1n) is 11.1. The maximum Gasteiger partial charge on any atom is 0.331 e. The van der Waals surface area contributed by atoms with Crippen molar-refractivity contribution in [2.75, 3.05) is 26.2 Å². The molecule has 2 aromatic carbocycles. The second-order valence-corrected chi connectivity index (χ2v) is 11.8. The number of urea groups is 1. The number of hydrogen-bond acceptors (Lipinski definition) is 5. The van der Waals surface area contributed by atoms with Gasteiger partial charge in [-0.05, 0) is 65.9 Å². The Morgan fingerprint density at radius 2 is 1.65 bits per heavy atom. The van der Waals surface area contributed by atoms with E-state index in [9.17, 15) is 13.2 Å². The van der Waals surface area contributed by atoms with Crippen molar-refractivity contribution >= 4 is 55.2 Å². The van der Waals surface area contributed by atoms with E-state index in [0.717, 1.165) is 44.5 Å². The third kappa shape index (κ3) is 6.18. The number of sulfonamides is 1. The fraction of sp³-hybridized carbons (Fsp3) is 0.435. The van der Waals surface area contributed by atoms with E-state index >= 15 is 0 Å². The molecule has 0 atom stereocenters. The topological polar surface area (TPSA) is 79.0 Å². The van der Waals surface area contributed by atoms with E-state index in [2.05, 4.69) is 25.6 Å². The van der Waals surface area contributed by atoms with Gasteiger partial charge in [0.05, 0.1) is 10.0 Å². The van der Waals surface area contributed by atoms with Gasteiger partial charge in [-0.2, -0.15) is 0 Å². The Kier molecular flexibility index (Phi) is 8.30. The Hall–Kier alpha value is -1.52. The Bertz CT molecular complexity index is 1130. The fourth-order valence-electron chi connectivity index (χ4n) is 4.43. The molecule has 1 N–H and O–H groups in total. The van der Waals surface area contributed by atoms with Gasteiger partial charge in [-0.25, -0.2) is 17.9 Å². The van der Waals surface area contributed by atoms with Crippen LogP contribution >= 0.6 is 39.1 Å². The Labute approximate surface area is 218 Å². The van der Waals surface area contributed by atoms with Crippen LogP contribution in [-0.2, 0) is 10.0 Å². The van der Waals surface area contributed by atoms with Crippen molar-refractivity contribution in [2.24, 2.45) is 0 Å². The number of nitrogens with one attached hydrogen (secondary N) is 1. The summed E-state index contributed by atoms with van der Waals surface area (Å²) in [7, 11) is -3.94. The molecule has 4 rings (SSSR count). The summed E-state index contributed by atoms with van der Waals surface area (Å²) in [5, 5.41) is 0.992. The highest BCUT2D eigenvalue weighted by Crippen LogP contribution is 2.29. The summed E-state index contributed by atoms with van der Waals surface area (Å²) in [6, 6.07) is 11.5. The third-order valence-electron chi connectivity index (χ3n) is 6.29. The first kappa shape index (κ1) is 25.6. The lowest BCUT2D eigenvalue weighted by Crippen LogP contribution is -2.52. The number of carbonyl (C=O) groups is 1. The molecule has 2 saturated heterocycles. The van der Waals surface area contributed by atoms with Crippen LogP contribution in [0.1, 0.15) is 25.7 Å². The van der Waals surface area contributed by atoms with Gasteiger partial charge in [-0.15, -0.1) is 0 Å². The molecule has 7 nitrogen and oxygen atoms in total. The van der Waals surface area contributed by atoms with Gasteiger partial charge in [-0.3, -0.25) is 4.90 Å². The standard InChI is InChI=1S/C23H26BrCl2N3O4S/c24-19-3-1-2-4-22(19)34(31,32)27-23(30)29-11-7-16(8-12-29)28-13-9-17(10-14-28)33-18-5-6-20(25)21(26)15-18/h1-6,15-17H,7-14H2,(H,27,30). The van der Waals surface area contributed by atoms with Crippen LogP contribution in [0.25, 0.3) is 0 Å². The minimum atomic E-state index is -3.94. The molecule has 0 unspecified atom stereocenters. The van der Waals surface area contributed by atoms with Gasteiger partial charge in [0.1, 0.15) is 16.7 Å². The zero-order valence-corrected chi connectivity index (χ0v) is 22.3. The van der Waals surface area contributed by atoms with Crippen LogP contribution in [0.5, 0.6) is 5.75 Å². The molecule has 2 aliphatic rings. The minimum Gasteiger partial charge on any atom is -0.490 e. The van der Waals surface area contributed by atoms with E-state index in [1.165, 1.54) is 6.07 Å². The minimum absolute atomic E-state index is 0.0456. The summed E-state index contributed by atoms with van der Waals surface area (Å²) in [6.07, 6.45) is 3.56. The van der Waals surface area contributed by atoms with Gasteiger partial charge in [0.25, 0.3) is 10.0 Å². The van der Waals surface area contributed by atoms with Gasteiger partial charge in [-0.1, -0.05) is 35.3 Å². The van der Waals surface area contributed by atoms with Gasteiger partial charge < -0.3 is 9.64 Å². The molecule has 184 valence electrons. The molecule has 0 spiro atoms. The average Bonchev–Trinajstić information content (AvgIpc) is 2.82. The lowest BCUT2D eigenvalue weighted by Gasteiger charge is -2.41. The number of likely N-dealkylation sites (tertiary alicyclic amines) is 2. The maximum absolute atomic E-state index is 12.6. The van der Waals surface area contributed by atoms with Crippen molar-refractivity contribution in [2.45, 2.75) is 42.7 Å². The molecule has 0 aliphatic carbocycles. The van der Waals surface area contributed by atoms with Crippen molar-refractivity contribution in [3.05, 3.63) is 57.0 Å². The van der Waals surface area contributed by atoms with E-state index in [1.54, 1.807) is 35.2 Å². The molecule has 0 aromatic heterocycles. The highest BCUT2D eigenvalue weighted by atomic mass is 79.9. The van der Waals surface area contributed by atoms with Gasteiger partial charge >= 0.3 is 6.03 Å². The highest BCUT2D eigenvalue weighted by Gasteiger charge is 2.31. The number of rotatable bonds is 5. The molecular weight excluding hydrogens is 565 g/mol. The molecule has 0 saturated carbocycles. The van der Waals surface area contributed by atoms with Gasteiger partial charge in [0.15, 0.2) is 0 Å². The zero-order chi connectivity index (χ0) is 24.3. The number of hydrogen-bond donors (Lipinski definition) is 1. The quantitative estimate of drug-likeness (QED) is 0.520. The van der Waals surface area contributed by atoms with Crippen LogP contribution in [0.4, 0.5) is 4.79 Å². The smallest absolute Gasteiger partial charge is 0.331 e. The average molecular weight is 591 g/mol. The Morgan fingerprint density at radius 1 is 0.971 bits per heavy atom. The molecule has 2 amide bonds. The van der Waals surface area contributed by atoms with E-state index in [-0.39, 0.29) is 11.0 Å². The van der Waals surface area contributed by atoms with Crippen molar-refractivity contribution in [1.82, 2.24) is 14.5 Å². The van der Waals surface area contributed by atoms with E-state index in [0.29, 0.717) is 33.6 Å². The van der Waals surface area contributed by atoms with Crippen LogP contribution < -0.4 is 9.46 Å². The first-order valence-corrected chi connectivity index (χ1v) is 14.2. The van der Waals surface area contributed by atoms with Crippen LogP contribution in [-0.4, -0.2) is 62.6 Å². The Balaban J connectivity index is 1.24. The predicted molar refractivity (Wildman–Crippen MR) is 136 cm³/mol. The number of carbonyl (C=O) groups excluding carboxylic acids is 1. The molecule has 0 bridgehead atoms. The van der Waals surface area contributed by atoms with Gasteiger partial charge in [0.2, 0.25) is 0 Å². The van der Waals surface area contributed by atoms with Gasteiger partial charge in [0, 0.05) is 42.8 Å². The SMILES string of the molecule is O=C(NS(=O)(=O)c1ccccc1Br)N1CCC(N2CCC(Oc3ccc(Cl)c(Cl)c3)CC2)CC1. The third-order valence-corrected chi connectivity index (χ3v) is 9.36. The second kappa shape index (κ2) is 11.0. The predicted octanol–water partition coefficient (Wildman–Crippen LogP) is 5.16. The van der Waals surface area contributed by atoms with Crippen LogP contribution in [0, 0.1) is 0 Å². The molecule has 0 radical (unpaired) electrons. The fourth-order valence-corrected chi connectivity index (χ4v) is 6.70. The number of nitrogens with zero attached hydrogens (tertiary/aromatic N) is 2. The Morgan fingerprint density at radius 3 is 2.29 bits per heavy atom. The largest absolute Gasteiger partial charge is 0.490 e.